The van der Waals surface area contributed by atoms with Gasteiger partial charge in [-0.15, -0.1) is 0 Å². The van der Waals surface area contributed by atoms with Crippen molar-refractivity contribution in [2.45, 2.75) is 25.5 Å². The second-order valence-corrected chi connectivity index (χ2v) is 4.88. The van der Waals surface area contributed by atoms with E-state index in [4.69, 9.17) is 5.73 Å². The molecule has 0 bridgehead atoms. The summed E-state index contributed by atoms with van der Waals surface area (Å²) in [6.07, 6.45) is 8.34. The highest BCUT2D eigenvalue weighted by Crippen LogP contribution is 2.36. The van der Waals surface area contributed by atoms with Gasteiger partial charge in [0.1, 0.15) is 0 Å². The molecule has 90 valence electrons. The number of benzene rings is 1. The van der Waals surface area contributed by atoms with Gasteiger partial charge in [-0.25, -0.2) is 0 Å². The number of rotatable bonds is 3. The van der Waals surface area contributed by atoms with E-state index in [0.29, 0.717) is 0 Å². The molecule has 3 atom stereocenters. The Hall–Kier alpha value is -1.38. The SMILES string of the molecule is CC1(C(O)C(N)c2ccccc2)C=CC=CC1. The third-order valence-corrected chi connectivity index (χ3v) is 3.48. The number of aliphatic hydroxyl groups excluding tert-OH is 1. The van der Waals surface area contributed by atoms with Crippen molar-refractivity contribution in [3.8, 4) is 0 Å². The van der Waals surface area contributed by atoms with E-state index < -0.39 is 6.10 Å². The molecular weight excluding hydrogens is 210 g/mol. The zero-order valence-electron chi connectivity index (χ0n) is 10.1. The molecule has 0 aromatic heterocycles. The van der Waals surface area contributed by atoms with Crippen LogP contribution in [-0.2, 0) is 0 Å². The number of nitrogens with two attached hydrogens (primary N) is 1. The molecule has 0 spiro atoms. The van der Waals surface area contributed by atoms with E-state index in [1.165, 1.54) is 0 Å². The Morgan fingerprint density at radius 2 is 1.94 bits per heavy atom. The van der Waals surface area contributed by atoms with Crippen LogP contribution < -0.4 is 5.73 Å². The molecule has 3 N–H and O–H groups in total. The van der Waals surface area contributed by atoms with Crippen molar-refractivity contribution in [2.75, 3.05) is 0 Å². The van der Waals surface area contributed by atoms with Crippen molar-refractivity contribution in [2.24, 2.45) is 11.1 Å². The molecule has 0 saturated carbocycles. The standard InChI is InChI=1S/C15H19NO/c1-15(10-6-3-7-11-15)14(17)13(16)12-8-4-2-5-9-12/h2-10,13-14,17H,11,16H2,1H3. The summed E-state index contributed by atoms with van der Waals surface area (Å²) in [6, 6.07) is 9.41. The molecule has 0 aliphatic heterocycles. The van der Waals surface area contributed by atoms with E-state index in [1.54, 1.807) is 0 Å². The van der Waals surface area contributed by atoms with Gasteiger partial charge >= 0.3 is 0 Å². The van der Waals surface area contributed by atoms with Crippen molar-refractivity contribution >= 4 is 0 Å². The Morgan fingerprint density at radius 1 is 1.24 bits per heavy atom. The average Bonchev–Trinajstić information content (AvgIpc) is 2.39. The molecule has 2 rings (SSSR count). The Balaban J connectivity index is 2.17. The van der Waals surface area contributed by atoms with E-state index in [0.717, 1.165) is 12.0 Å². The lowest BCUT2D eigenvalue weighted by Gasteiger charge is -2.35. The topological polar surface area (TPSA) is 46.2 Å². The van der Waals surface area contributed by atoms with Crippen molar-refractivity contribution in [1.29, 1.82) is 0 Å². The van der Waals surface area contributed by atoms with Crippen LogP contribution in [0, 0.1) is 5.41 Å². The fourth-order valence-electron chi connectivity index (χ4n) is 2.23. The lowest BCUT2D eigenvalue weighted by Crippen LogP contribution is -2.39. The lowest BCUT2D eigenvalue weighted by atomic mass is 9.75. The maximum Gasteiger partial charge on any atom is 0.0823 e. The molecule has 0 heterocycles. The first-order chi connectivity index (χ1) is 8.13. The highest BCUT2D eigenvalue weighted by molar-refractivity contribution is 5.24. The summed E-state index contributed by atoms with van der Waals surface area (Å²) in [4.78, 5) is 0. The van der Waals surface area contributed by atoms with Gasteiger partial charge in [0, 0.05) is 5.41 Å². The Kier molecular flexibility index (Phi) is 3.46. The average molecular weight is 229 g/mol. The molecule has 3 unspecified atom stereocenters. The third kappa shape index (κ3) is 2.48. The molecule has 0 radical (unpaired) electrons. The van der Waals surface area contributed by atoms with Gasteiger partial charge in [0.05, 0.1) is 12.1 Å². The summed E-state index contributed by atoms with van der Waals surface area (Å²) in [5.41, 5.74) is 6.85. The molecule has 0 fully saturated rings. The molecule has 1 aliphatic rings. The minimum Gasteiger partial charge on any atom is -0.390 e. The highest BCUT2D eigenvalue weighted by atomic mass is 16.3. The molecule has 1 aromatic carbocycles. The number of hydrogen-bond donors (Lipinski definition) is 2. The zero-order valence-corrected chi connectivity index (χ0v) is 10.1. The Labute approximate surface area is 102 Å². The number of hydrogen-bond acceptors (Lipinski definition) is 2. The van der Waals surface area contributed by atoms with Gasteiger partial charge in [-0.05, 0) is 12.0 Å². The second-order valence-electron chi connectivity index (χ2n) is 4.88. The molecule has 1 aliphatic carbocycles. The molecule has 2 heteroatoms. The van der Waals surface area contributed by atoms with Crippen LogP contribution in [0.3, 0.4) is 0 Å². The monoisotopic (exact) mass is 229 g/mol. The zero-order chi connectivity index (χ0) is 12.3. The Bertz CT molecular complexity index is 424. The van der Waals surface area contributed by atoms with Crippen LogP contribution in [-0.4, -0.2) is 11.2 Å². The first-order valence-electron chi connectivity index (χ1n) is 5.96. The molecular formula is C15H19NO. The van der Waals surface area contributed by atoms with Gasteiger partial charge in [-0.1, -0.05) is 61.6 Å². The third-order valence-electron chi connectivity index (χ3n) is 3.48. The lowest BCUT2D eigenvalue weighted by molar-refractivity contribution is 0.0476. The van der Waals surface area contributed by atoms with Crippen molar-refractivity contribution < 1.29 is 5.11 Å². The van der Waals surface area contributed by atoms with Crippen LogP contribution >= 0.6 is 0 Å². The smallest absolute Gasteiger partial charge is 0.0823 e. The van der Waals surface area contributed by atoms with Gasteiger partial charge in [0.2, 0.25) is 0 Å². The predicted octanol–water partition coefficient (Wildman–Crippen LogP) is 2.57. The van der Waals surface area contributed by atoms with Crippen LogP contribution in [0.25, 0.3) is 0 Å². The fraction of sp³-hybridized carbons (Fsp3) is 0.333. The largest absolute Gasteiger partial charge is 0.390 e. The van der Waals surface area contributed by atoms with E-state index >= 15 is 0 Å². The van der Waals surface area contributed by atoms with Crippen LogP contribution in [0.2, 0.25) is 0 Å². The van der Waals surface area contributed by atoms with Crippen molar-refractivity contribution in [3.05, 3.63) is 60.2 Å². The Morgan fingerprint density at radius 3 is 2.53 bits per heavy atom. The van der Waals surface area contributed by atoms with Gasteiger partial charge in [0.25, 0.3) is 0 Å². The van der Waals surface area contributed by atoms with Crippen LogP contribution in [0.5, 0.6) is 0 Å². The first kappa shape index (κ1) is 12.1. The van der Waals surface area contributed by atoms with E-state index in [9.17, 15) is 5.11 Å². The van der Waals surface area contributed by atoms with Gasteiger partial charge in [-0.2, -0.15) is 0 Å². The summed E-state index contributed by atoms with van der Waals surface area (Å²) in [5, 5.41) is 10.4. The molecule has 2 nitrogen and oxygen atoms in total. The number of allylic oxidation sites excluding steroid dienone is 3. The van der Waals surface area contributed by atoms with Gasteiger partial charge < -0.3 is 10.8 Å². The molecule has 0 saturated heterocycles. The number of aliphatic hydroxyl groups is 1. The summed E-state index contributed by atoms with van der Waals surface area (Å²) in [5.74, 6) is 0. The maximum absolute atomic E-state index is 10.4. The minimum absolute atomic E-state index is 0.274. The van der Waals surface area contributed by atoms with Gasteiger partial charge in [0.15, 0.2) is 0 Å². The summed E-state index contributed by atoms with van der Waals surface area (Å²) in [6.45, 7) is 2.04. The highest BCUT2D eigenvalue weighted by Gasteiger charge is 2.34. The minimum atomic E-state index is -0.578. The van der Waals surface area contributed by atoms with E-state index in [2.05, 4.69) is 6.08 Å². The summed E-state index contributed by atoms with van der Waals surface area (Å²) < 4.78 is 0. The van der Waals surface area contributed by atoms with E-state index in [-0.39, 0.29) is 11.5 Å². The molecule has 1 aromatic rings. The van der Waals surface area contributed by atoms with Gasteiger partial charge in [-0.3, -0.25) is 0 Å². The molecule has 17 heavy (non-hydrogen) atoms. The summed E-state index contributed by atoms with van der Waals surface area (Å²) in [7, 11) is 0. The quantitative estimate of drug-likeness (QED) is 0.836. The van der Waals surface area contributed by atoms with Crippen LogP contribution in [0.4, 0.5) is 0 Å². The fourth-order valence-corrected chi connectivity index (χ4v) is 2.23. The first-order valence-corrected chi connectivity index (χ1v) is 5.96. The molecule has 0 amide bonds. The predicted molar refractivity (Wildman–Crippen MR) is 70.4 cm³/mol. The maximum atomic E-state index is 10.4. The summed E-state index contributed by atoms with van der Waals surface area (Å²) >= 11 is 0. The normalized spacial score (nSPS) is 26.8. The van der Waals surface area contributed by atoms with Crippen molar-refractivity contribution in [1.82, 2.24) is 0 Å². The van der Waals surface area contributed by atoms with Crippen LogP contribution in [0.15, 0.2) is 54.6 Å². The van der Waals surface area contributed by atoms with E-state index in [1.807, 2.05) is 55.5 Å². The van der Waals surface area contributed by atoms with Crippen LogP contribution in [0.1, 0.15) is 24.9 Å². The van der Waals surface area contributed by atoms with Crippen molar-refractivity contribution in [3.63, 3.8) is 0 Å². The second kappa shape index (κ2) is 4.86.